The number of carbonyl (C=O) groups is 1. The minimum absolute atomic E-state index is 0.0457. The molecule has 1 heterocycles. The molecule has 86 valence electrons. The molecule has 1 saturated heterocycles. The molecule has 1 aliphatic rings. The van der Waals surface area contributed by atoms with Crippen LogP contribution in [0.1, 0.15) is 21.5 Å². The largest absolute Gasteiger partial charge is 0.352 e. The Morgan fingerprint density at radius 2 is 2.19 bits per heavy atom. The zero-order valence-electron chi connectivity index (χ0n) is 9.84. The van der Waals surface area contributed by atoms with Crippen molar-refractivity contribution in [1.29, 1.82) is 0 Å². The minimum atomic E-state index is 0.0457. The molecule has 0 spiro atoms. The van der Waals surface area contributed by atoms with Gasteiger partial charge >= 0.3 is 0 Å². The third-order valence-electron chi connectivity index (χ3n) is 3.04. The molecule has 0 unspecified atom stereocenters. The Labute approximate surface area is 96.2 Å². The molecule has 0 aliphatic carbocycles. The van der Waals surface area contributed by atoms with E-state index in [0.29, 0.717) is 5.92 Å². The number of hydrogen-bond donors (Lipinski definition) is 2. The zero-order valence-corrected chi connectivity index (χ0v) is 9.84. The molecule has 16 heavy (non-hydrogen) atoms. The third-order valence-corrected chi connectivity index (χ3v) is 3.04. The molecule has 1 aliphatic heterocycles. The van der Waals surface area contributed by atoms with Crippen LogP contribution < -0.4 is 10.6 Å². The monoisotopic (exact) mass is 218 g/mol. The Kier molecular flexibility index (Phi) is 3.25. The first-order valence-electron chi connectivity index (χ1n) is 5.73. The summed E-state index contributed by atoms with van der Waals surface area (Å²) in [6.07, 6.45) is 0. The fourth-order valence-corrected chi connectivity index (χ4v) is 1.89. The van der Waals surface area contributed by atoms with Gasteiger partial charge in [-0.05, 0) is 25.5 Å². The molecule has 1 fully saturated rings. The molecule has 2 rings (SSSR count). The molecule has 1 aromatic rings. The van der Waals surface area contributed by atoms with E-state index in [1.807, 2.05) is 32.0 Å². The molecule has 0 atom stereocenters. The van der Waals surface area contributed by atoms with E-state index in [0.717, 1.165) is 30.8 Å². The van der Waals surface area contributed by atoms with Crippen molar-refractivity contribution in [2.75, 3.05) is 19.6 Å². The van der Waals surface area contributed by atoms with Gasteiger partial charge in [-0.3, -0.25) is 4.79 Å². The summed E-state index contributed by atoms with van der Waals surface area (Å²) in [5.74, 6) is 0.652. The van der Waals surface area contributed by atoms with Gasteiger partial charge in [-0.2, -0.15) is 0 Å². The highest BCUT2D eigenvalue weighted by atomic mass is 16.1. The second-order valence-corrected chi connectivity index (χ2v) is 4.55. The number of aryl methyl sites for hydroxylation is 2. The van der Waals surface area contributed by atoms with Crippen LogP contribution in [0.25, 0.3) is 0 Å². The Bertz CT molecular complexity index is 397. The van der Waals surface area contributed by atoms with Crippen molar-refractivity contribution in [2.45, 2.75) is 13.8 Å². The summed E-state index contributed by atoms with van der Waals surface area (Å²) >= 11 is 0. The normalized spacial score (nSPS) is 15.6. The average Bonchev–Trinajstić information content (AvgIpc) is 2.14. The molecule has 0 radical (unpaired) electrons. The highest BCUT2D eigenvalue weighted by Crippen LogP contribution is 2.10. The van der Waals surface area contributed by atoms with Crippen LogP contribution in [0.15, 0.2) is 18.2 Å². The Morgan fingerprint density at radius 3 is 2.75 bits per heavy atom. The lowest BCUT2D eigenvalue weighted by molar-refractivity contribution is 0.0941. The molecule has 3 nitrogen and oxygen atoms in total. The second-order valence-electron chi connectivity index (χ2n) is 4.55. The maximum Gasteiger partial charge on any atom is 0.251 e. The van der Waals surface area contributed by atoms with E-state index in [1.54, 1.807) is 0 Å². The SMILES string of the molecule is Cc1ccc(C(=O)NCC2CNC2)c(C)c1. The van der Waals surface area contributed by atoms with Gasteiger partial charge in [-0.25, -0.2) is 0 Å². The van der Waals surface area contributed by atoms with Crippen molar-refractivity contribution in [3.05, 3.63) is 34.9 Å². The summed E-state index contributed by atoms with van der Waals surface area (Å²) in [7, 11) is 0. The maximum atomic E-state index is 11.9. The smallest absolute Gasteiger partial charge is 0.251 e. The van der Waals surface area contributed by atoms with Crippen molar-refractivity contribution in [1.82, 2.24) is 10.6 Å². The van der Waals surface area contributed by atoms with Crippen LogP contribution >= 0.6 is 0 Å². The lowest BCUT2D eigenvalue weighted by Crippen LogP contribution is -2.48. The van der Waals surface area contributed by atoms with Gasteiger partial charge in [0.25, 0.3) is 5.91 Å². The summed E-state index contributed by atoms with van der Waals surface area (Å²) in [4.78, 5) is 11.9. The van der Waals surface area contributed by atoms with Crippen molar-refractivity contribution in [3.63, 3.8) is 0 Å². The van der Waals surface area contributed by atoms with Gasteiger partial charge in [0, 0.05) is 31.1 Å². The number of nitrogens with one attached hydrogen (secondary N) is 2. The predicted octanol–water partition coefficient (Wildman–Crippen LogP) is 1.25. The number of carbonyl (C=O) groups excluding carboxylic acids is 1. The highest BCUT2D eigenvalue weighted by Gasteiger charge is 2.18. The molecule has 3 heteroatoms. The highest BCUT2D eigenvalue weighted by molar-refractivity contribution is 5.95. The minimum Gasteiger partial charge on any atom is -0.352 e. The lowest BCUT2D eigenvalue weighted by atomic mass is 10.0. The predicted molar refractivity (Wildman–Crippen MR) is 64.6 cm³/mol. The van der Waals surface area contributed by atoms with Crippen LogP contribution in [0, 0.1) is 19.8 Å². The van der Waals surface area contributed by atoms with Gasteiger partial charge in [0.1, 0.15) is 0 Å². The standard InChI is InChI=1S/C13H18N2O/c1-9-3-4-12(10(2)5-9)13(16)15-8-11-6-14-7-11/h3-5,11,14H,6-8H2,1-2H3,(H,15,16). The van der Waals surface area contributed by atoms with Gasteiger partial charge in [-0.15, -0.1) is 0 Å². The van der Waals surface area contributed by atoms with Crippen molar-refractivity contribution in [3.8, 4) is 0 Å². The third kappa shape index (κ3) is 2.42. The van der Waals surface area contributed by atoms with Gasteiger partial charge < -0.3 is 10.6 Å². The summed E-state index contributed by atoms with van der Waals surface area (Å²) in [6.45, 7) is 6.83. The Balaban J connectivity index is 1.96. The molecule has 1 aromatic carbocycles. The van der Waals surface area contributed by atoms with Crippen LogP contribution in [0.4, 0.5) is 0 Å². The maximum absolute atomic E-state index is 11.9. The lowest BCUT2D eigenvalue weighted by Gasteiger charge is -2.27. The zero-order chi connectivity index (χ0) is 11.5. The summed E-state index contributed by atoms with van der Waals surface area (Å²) < 4.78 is 0. The van der Waals surface area contributed by atoms with E-state index in [4.69, 9.17) is 0 Å². The van der Waals surface area contributed by atoms with Gasteiger partial charge in [0.15, 0.2) is 0 Å². The molecule has 2 N–H and O–H groups in total. The van der Waals surface area contributed by atoms with Crippen LogP contribution in [-0.4, -0.2) is 25.5 Å². The van der Waals surface area contributed by atoms with Crippen LogP contribution in [0.3, 0.4) is 0 Å². The van der Waals surface area contributed by atoms with Gasteiger partial charge in [0.05, 0.1) is 0 Å². The van der Waals surface area contributed by atoms with E-state index in [1.165, 1.54) is 5.56 Å². The van der Waals surface area contributed by atoms with E-state index >= 15 is 0 Å². The molecular weight excluding hydrogens is 200 g/mol. The number of hydrogen-bond acceptors (Lipinski definition) is 2. The van der Waals surface area contributed by atoms with Crippen LogP contribution in [0.2, 0.25) is 0 Å². The first kappa shape index (κ1) is 11.1. The first-order chi connectivity index (χ1) is 7.66. The molecule has 0 saturated carbocycles. The van der Waals surface area contributed by atoms with E-state index < -0.39 is 0 Å². The topological polar surface area (TPSA) is 41.1 Å². The summed E-state index contributed by atoms with van der Waals surface area (Å²) in [6, 6.07) is 5.92. The molecule has 0 bridgehead atoms. The molecule has 1 amide bonds. The van der Waals surface area contributed by atoms with Crippen molar-refractivity contribution in [2.24, 2.45) is 5.92 Å². The van der Waals surface area contributed by atoms with Crippen molar-refractivity contribution >= 4 is 5.91 Å². The molecule has 0 aromatic heterocycles. The van der Waals surface area contributed by atoms with E-state index in [9.17, 15) is 4.79 Å². The van der Waals surface area contributed by atoms with Crippen LogP contribution in [-0.2, 0) is 0 Å². The van der Waals surface area contributed by atoms with Crippen LogP contribution in [0.5, 0.6) is 0 Å². The first-order valence-corrected chi connectivity index (χ1v) is 5.73. The molecular formula is C13H18N2O. The fourth-order valence-electron chi connectivity index (χ4n) is 1.89. The fraction of sp³-hybridized carbons (Fsp3) is 0.462. The van der Waals surface area contributed by atoms with E-state index in [2.05, 4.69) is 10.6 Å². The Hall–Kier alpha value is -1.35. The second kappa shape index (κ2) is 4.66. The number of rotatable bonds is 3. The van der Waals surface area contributed by atoms with Crippen molar-refractivity contribution < 1.29 is 4.79 Å². The van der Waals surface area contributed by atoms with E-state index in [-0.39, 0.29) is 5.91 Å². The number of benzene rings is 1. The average molecular weight is 218 g/mol. The Morgan fingerprint density at radius 1 is 1.44 bits per heavy atom. The number of amides is 1. The summed E-state index contributed by atoms with van der Waals surface area (Å²) in [5, 5.41) is 6.17. The van der Waals surface area contributed by atoms with Gasteiger partial charge in [0.2, 0.25) is 0 Å². The van der Waals surface area contributed by atoms with Gasteiger partial charge in [-0.1, -0.05) is 17.7 Å². The summed E-state index contributed by atoms with van der Waals surface area (Å²) in [5.41, 5.74) is 3.03. The quantitative estimate of drug-likeness (QED) is 0.801.